The molecule has 1 aromatic rings. The quantitative estimate of drug-likeness (QED) is 0.0693. The summed E-state index contributed by atoms with van der Waals surface area (Å²) in [5, 5.41) is 26.5. The zero-order valence-electron chi connectivity index (χ0n) is 31.7. The molecule has 0 aromatic heterocycles. The Labute approximate surface area is 317 Å². The molecule has 8 N–H and O–H groups in total. The van der Waals surface area contributed by atoms with Gasteiger partial charge >= 0.3 is 24.5 Å². The fraction of sp³-hybridized carbons (Fsp3) is 0.606. The highest BCUT2D eigenvalue weighted by molar-refractivity contribution is 5.87. The van der Waals surface area contributed by atoms with Crippen molar-refractivity contribution in [2.45, 2.75) is 84.2 Å². The van der Waals surface area contributed by atoms with Crippen LogP contribution in [-0.2, 0) is 25.6 Å². The van der Waals surface area contributed by atoms with E-state index in [1.807, 2.05) is 10.7 Å². The summed E-state index contributed by atoms with van der Waals surface area (Å²) in [5.41, 5.74) is -0.471. The summed E-state index contributed by atoms with van der Waals surface area (Å²) in [5.74, 6) is -5.72. The first-order chi connectivity index (χ1) is 25.4. The third-order valence-corrected chi connectivity index (χ3v) is 8.20. The number of benzene rings is 1. The van der Waals surface area contributed by atoms with E-state index in [2.05, 4.69) is 14.5 Å². The highest BCUT2D eigenvalue weighted by Crippen LogP contribution is 2.41. The fourth-order valence-electron chi connectivity index (χ4n) is 4.45. The number of hydrogen-bond acceptors (Lipinski definition) is 11. The summed E-state index contributed by atoms with van der Waals surface area (Å²) in [7, 11) is 1.61. The zero-order valence-corrected chi connectivity index (χ0v) is 31.7. The van der Waals surface area contributed by atoms with Gasteiger partial charge in [0.05, 0.1) is 43.3 Å². The van der Waals surface area contributed by atoms with Crippen LogP contribution < -0.4 is 27.1 Å². The van der Waals surface area contributed by atoms with E-state index >= 15 is 8.78 Å². The van der Waals surface area contributed by atoms with E-state index in [-0.39, 0.29) is 17.8 Å². The van der Waals surface area contributed by atoms with Crippen LogP contribution in [0.2, 0.25) is 0 Å². The Hall–Kier alpha value is -4.77. The van der Waals surface area contributed by atoms with Crippen molar-refractivity contribution in [3.8, 4) is 0 Å². The first-order valence-electron chi connectivity index (χ1n) is 16.4. The Bertz CT molecular complexity index is 1590. The highest BCUT2D eigenvalue weighted by atomic mass is 19.4. The molecule has 0 saturated heterocycles. The largest absolute Gasteiger partial charge is 0.453 e. The Balaban J connectivity index is 3.58. The molecule has 1 aromatic carbocycles. The van der Waals surface area contributed by atoms with Gasteiger partial charge in [0.25, 0.3) is 5.91 Å². The monoisotopic (exact) mass is 821 g/mol. The molecule has 0 heterocycles. The number of hydrogen-bond donors (Lipinski definition) is 7. The van der Waals surface area contributed by atoms with Crippen LogP contribution in [0.25, 0.3) is 5.70 Å². The Morgan fingerprint density at radius 3 is 1.71 bits per heavy atom. The number of alkyl halides is 6. The summed E-state index contributed by atoms with van der Waals surface area (Å²) < 4.78 is 123. The van der Waals surface area contributed by atoms with Crippen LogP contribution in [0.5, 0.6) is 0 Å². The minimum absolute atomic E-state index is 0.0395. The molecule has 0 radical (unpaired) electrons. The number of carbonyl (C=O) groups is 4. The lowest BCUT2D eigenvalue weighted by Gasteiger charge is -2.37. The SMILES string of the molecule is COC(=O)NC(C(=O)NC[C@@H](O)CN(Cc1c(F)cc(C(N)=CC=NCC(C)(C)O)cc1F)NC(=O)[C@@H](NC(=O)OC)C(C)(C)C(F)(F)F)C(C)(C)C(F)(F)F. The number of carbonyl (C=O) groups excluding carboxylic acids is 4. The highest BCUT2D eigenvalue weighted by Gasteiger charge is 2.57. The molecule has 4 amide bonds. The van der Waals surface area contributed by atoms with Crippen molar-refractivity contribution in [2.75, 3.05) is 33.9 Å². The number of nitrogens with two attached hydrogens (primary N) is 1. The molecule has 0 fully saturated rings. The van der Waals surface area contributed by atoms with E-state index < -0.39 is 108 Å². The van der Waals surface area contributed by atoms with Gasteiger partial charge in [0.2, 0.25) is 5.91 Å². The van der Waals surface area contributed by atoms with Gasteiger partial charge in [-0.25, -0.2) is 23.4 Å². The number of nitrogens with zero attached hydrogens (tertiary/aromatic N) is 2. The van der Waals surface area contributed by atoms with Crippen LogP contribution in [0.15, 0.2) is 23.2 Å². The molecule has 0 aliphatic rings. The molecule has 3 atom stereocenters. The minimum atomic E-state index is -5.15. The van der Waals surface area contributed by atoms with Crippen molar-refractivity contribution in [3.05, 3.63) is 41.0 Å². The first-order valence-corrected chi connectivity index (χ1v) is 16.4. The van der Waals surface area contributed by atoms with Gasteiger partial charge in [-0.15, -0.1) is 0 Å². The van der Waals surface area contributed by atoms with Gasteiger partial charge < -0.3 is 41.4 Å². The predicted molar refractivity (Wildman–Crippen MR) is 184 cm³/mol. The van der Waals surface area contributed by atoms with Gasteiger partial charge in [0, 0.05) is 42.7 Å². The molecule has 0 aliphatic carbocycles. The van der Waals surface area contributed by atoms with Crippen molar-refractivity contribution < 1.29 is 74.0 Å². The number of nitrogens with one attached hydrogen (secondary N) is 4. The molecule has 56 heavy (non-hydrogen) atoms. The molecule has 0 spiro atoms. The zero-order chi connectivity index (χ0) is 43.6. The van der Waals surface area contributed by atoms with Gasteiger partial charge in [0.1, 0.15) is 23.7 Å². The van der Waals surface area contributed by atoms with E-state index in [4.69, 9.17) is 5.73 Å². The number of aliphatic imine (C=N–C) groups is 1. The summed E-state index contributed by atoms with van der Waals surface area (Å²) >= 11 is 0. The number of hydrazine groups is 1. The van der Waals surface area contributed by atoms with Crippen LogP contribution >= 0.6 is 0 Å². The number of aliphatic hydroxyl groups is 2. The standard InChI is InChI=1S/C33H47F8N7O8/c1-29(2,54)16-43-10-9-22(42)17-11-20(34)19(21(35)12-17)15-48(47-26(51)24(46-28(53)56-8)31(5,6)33(39,40)41)14-18(49)13-44-25(50)23(45-27(52)55-7)30(3,4)32(36,37)38/h9-12,18,23-24,49,54H,13-16,42H2,1-8H3,(H,44,50)(H,45,52)(H,46,53)(H,47,51)/t18-,23?,24-/m1/s1. The molecule has 1 rings (SSSR count). The van der Waals surface area contributed by atoms with Crippen molar-refractivity contribution in [2.24, 2.45) is 21.6 Å². The Morgan fingerprint density at radius 1 is 0.857 bits per heavy atom. The van der Waals surface area contributed by atoms with E-state index in [1.54, 1.807) is 10.6 Å². The molecular weight excluding hydrogens is 774 g/mol. The summed E-state index contributed by atoms with van der Waals surface area (Å²) in [6.07, 6.45) is -12.7. The number of allylic oxidation sites excluding steroid dienone is 1. The van der Waals surface area contributed by atoms with Gasteiger partial charge in [0.15, 0.2) is 0 Å². The predicted octanol–water partition coefficient (Wildman–Crippen LogP) is 3.04. The van der Waals surface area contributed by atoms with Gasteiger partial charge in [-0.1, -0.05) is 0 Å². The van der Waals surface area contributed by atoms with E-state index in [0.29, 0.717) is 32.7 Å². The minimum Gasteiger partial charge on any atom is -0.453 e. The van der Waals surface area contributed by atoms with Gasteiger partial charge in [-0.3, -0.25) is 20.0 Å². The number of ether oxygens (including phenoxy) is 2. The van der Waals surface area contributed by atoms with Crippen molar-refractivity contribution in [1.82, 2.24) is 26.4 Å². The average Bonchev–Trinajstić information content (AvgIpc) is 3.06. The third-order valence-electron chi connectivity index (χ3n) is 8.20. The second-order valence-corrected chi connectivity index (χ2v) is 14.2. The van der Waals surface area contributed by atoms with Crippen LogP contribution in [-0.4, -0.2) is 115 Å². The number of rotatable bonds is 17. The molecule has 15 nitrogen and oxygen atoms in total. The van der Waals surface area contributed by atoms with Crippen LogP contribution in [0.4, 0.5) is 44.7 Å². The number of amides is 4. The van der Waals surface area contributed by atoms with Crippen LogP contribution in [0, 0.1) is 22.5 Å². The average molecular weight is 822 g/mol. The maximum Gasteiger partial charge on any atom is 0.407 e. The molecular formula is C33H47F8N7O8. The van der Waals surface area contributed by atoms with Gasteiger partial charge in [-0.05, 0) is 59.8 Å². The normalized spacial score (nSPS) is 14.9. The number of alkyl carbamates (subject to hydrolysis) is 2. The number of aliphatic hydroxyl groups excluding tert-OH is 1. The lowest BCUT2D eigenvalue weighted by Crippen LogP contribution is -2.62. The lowest BCUT2D eigenvalue weighted by atomic mass is 9.83. The Kier molecular flexibility index (Phi) is 17.1. The number of halogens is 8. The molecule has 0 saturated carbocycles. The molecule has 0 bridgehead atoms. The van der Waals surface area contributed by atoms with E-state index in [0.717, 1.165) is 26.4 Å². The Morgan fingerprint density at radius 2 is 1.30 bits per heavy atom. The third kappa shape index (κ3) is 14.1. The maximum absolute atomic E-state index is 15.5. The topological polar surface area (TPSA) is 217 Å². The molecule has 23 heteroatoms. The van der Waals surface area contributed by atoms with Crippen molar-refractivity contribution >= 4 is 35.9 Å². The molecule has 0 aliphatic heterocycles. The molecule has 1 unspecified atom stereocenters. The van der Waals surface area contributed by atoms with Crippen molar-refractivity contribution in [1.29, 1.82) is 0 Å². The summed E-state index contributed by atoms with van der Waals surface area (Å²) in [6.45, 7) is 2.24. The van der Waals surface area contributed by atoms with Crippen LogP contribution in [0.3, 0.4) is 0 Å². The first kappa shape index (κ1) is 49.2. The number of methoxy groups -OCH3 is 2. The van der Waals surface area contributed by atoms with Crippen molar-refractivity contribution in [3.63, 3.8) is 0 Å². The van der Waals surface area contributed by atoms with E-state index in [9.17, 15) is 55.7 Å². The van der Waals surface area contributed by atoms with Crippen LogP contribution in [0.1, 0.15) is 52.7 Å². The summed E-state index contributed by atoms with van der Waals surface area (Å²) in [4.78, 5) is 54.0. The van der Waals surface area contributed by atoms with Gasteiger partial charge in [-0.2, -0.15) is 26.3 Å². The fourth-order valence-corrected chi connectivity index (χ4v) is 4.45. The maximum atomic E-state index is 15.5. The smallest absolute Gasteiger partial charge is 0.407 e. The lowest BCUT2D eigenvalue weighted by molar-refractivity contribution is -0.221. The second-order valence-electron chi connectivity index (χ2n) is 14.2. The molecule has 318 valence electrons. The second kappa shape index (κ2) is 19.4. The summed E-state index contributed by atoms with van der Waals surface area (Å²) in [6, 6.07) is -3.28. The van der Waals surface area contributed by atoms with E-state index in [1.165, 1.54) is 26.1 Å².